The molecule has 0 N–H and O–H groups in total. The van der Waals surface area contributed by atoms with Gasteiger partial charge in [0.05, 0.1) is 5.92 Å². The molecule has 0 aromatic heterocycles. The van der Waals surface area contributed by atoms with E-state index in [1.807, 2.05) is 36.4 Å². The third-order valence-electron chi connectivity index (χ3n) is 3.56. The van der Waals surface area contributed by atoms with Crippen LogP contribution in [0.15, 0.2) is 48.6 Å². The smallest absolute Gasteiger partial charge is 0.171 e. The summed E-state index contributed by atoms with van der Waals surface area (Å²) >= 11 is 0. The highest BCUT2D eigenvalue weighted by molar-refractivity contribution is 6.05. The second-order valence-electron chi connectivity index (χ2n) is 4.41. The Bertz CT molecular complexity index is 496. The minimum absolute atomic E-state index is 0.0000926. The summed E-state index contributed by atoms with van der Waals surface area (Å²) in [6.45, 7) is 2.14. The van der Waals surface area contributed by atoms with E-state index in [9.17, 15) is 4.79 Å². The van der Waals surface area contributed by atoms with E-state index in [1.54, 1.807) is 0 Å². The molecule has 0 aliphatic heterocycles. The van der Waals surface area contributed by atoms with Crippen LogP contribution in [0.4, 0.5) is 0 Å². The first kappa shape index (κ1) is 8.66. The molecule has 3 rings (SSSR count). The monoisotopic (exact) mass is 196 g/mol. The summed E-state index contributed by atoms with van der Waals surface area (Å²) in [4.78, 5) is 12.2. The lowest BCUT2D eigenvalue weighted by Crippen LogP contribution is -2.28. The van der Waals surface area contributed by atoms with Crippen LogP contribution >= 0.6 is 0 Å². The fourth-order valence-corrected chi connectivity index (χ4v) is 2.69. The number of Topliss-reactive ketones (excluding diaryl/α,β-unsaturated/α-hetero) is 1. The molecule has 2 aliphatic carbocycles. The van der Waals surface area contributed by atoms with Gasteiger partial charge in [-0.3, -0.25) is 4.79 Å². The molecule has 0 saturated carbocycles. The Labute approximate surface area is 89.1 Å². The lowest BCUT2D eigenvalue weighted by molar-refractivity contribution is 0.0938. The molecule has 0 saturated heterocycles. The van der Waals surface area contributed by atoms with E-state index in [4.69, 9.17) is 0 Å². The molecule has 1 aromatic carbocycles. The van der Waals surface area contributed by atoms with Gasteiger partial charge in [-0.2, -0.15) is 0 Å². The van der Waals surface area contributed by atoms with Crippen LogP contribution in [-0.4, -0.2) is 5.78 Å². The molecule has 0 radical (unpaired) electrons. The molecule has 2 atom stereocenters. The molecule has 0 bridgehead atoms. The Balaban J connectivity index is 2.30. The fraction of sp³-hybridized carbons (Fsp3) is 0.214. The van der Waals surface area contributed by atoms with Crippen molar-refractivity contribution in [2.75, 3.05) is 0 Å². The standard InChI is InChI=1S/C14H12O/c1-14-9-5-4-8-12(14)13(15)10-6-2-3-7-11(10)14/h2-9,12H,1H3. The van der Waals surface area contributed by atoms with Crippen molar-refractivity contribution in [1.29, 1.82) is 0 Å². The average molecular weight is 196 g/mol. The van der Waals surface area contributed by atoms with E-state index in [0.717, 1.165) is 5.56 Å². The van der Waals surface area contributed by atoms with Crippen molar-refractivity contribution in [2.45, 2.75) is 12.3 Å². The summed E-state index contributed by atoms with van der Waals surface area (Å²) in [6.07, 6.45) is 8.16. The van der Waals surface area contributed by atoms with E-state index >= 15 is 0 Å². The topological polar surface area (TPSA) is 17.1 Å². The van der Waals surface area contributed by atoms with Crippen LogP contribution in [0, 0.1) is 5.92 Å². The van der Waals surface area contributed by atoms with Crippen LogP contribution in [0.3, 0.4) is 0 Å². The summed E-state index contributed by atoms with van der Waals surface area (Å²) in [5, 5.41) is 0. The van der Waals surface area contributed by atoms with Crippen molar-refractivity contribution in [2.24, 2.45) is 5.92 Å². The van der Waals surface area contributed by atoms with E-state index in [2.05, 4.69) is 19.1 Å². The maximum absolute atomic E-state index is 12.2. The van der Waals surface area contributed by atoms with Gasteiger partial charge in [0.1, 0.15) is 0 Å². The lowest BCUT2D eigenvalue weighted by Gasteiger charge is -2.28. The Hall–Kier alpha value is -1.63. The molecule has 1 nitrogen and oxygen atoms in total. The number of carbonyl (C=O) groups excluding carboxylic acids is 1. The summed E-state index contributed by atoms with van der Waals surface area (Å²) in [5.41, 5.74) is 1.93. The van der Waals surface area contributed by atoms with Crippen molar-refractivity contribution >= 4 is 5.78 Å². The molecule has 0 heterocycles. The second-order valence-corrected chi connectivity index (χ2v) is 4.41. The maximum atomic E-state index is 12.2. The van der Waals surface area contributed by atoms with Gasteiger partial charge in [-0.05, 0) is 5.56 Å². The highest BCUT2D eigenvalue weighted by Crippen LogP contribution is 2.46. The number of allylic oxidation sites excluding steroid dienone is 4. The van der Waals surface area contributed by atoms with Gasteiger partial charge >= 0.3 is 0 Å². The maximum Gasteiger partial charge on any atom is 0.171 e. The summed E-state index contributed by atoms with van der Waals surface area (Å²) in [7, 11) is 0. The molecule has 2 unspecified atom stereocenters. The van der Waals surface area contributed by atoms with Crippen molar-refractivity contribution in [3.05, 3.63) is 59.7 Å². The molecule has 0 spiro atoms. The molecule has 1 aromatic rings. The van der Waals surface area contributed by atoms with Crippen LogP contribution in [0.25, 0.3) is 0 Å². The van der Waals surface area contributed by atoms with Gasteiger partial charge in [-0.1, -0.05) is 55.5 Å². The third kappa shape index (κ3) is 0.953. The van der Waals surface area contributed by atoms with Crippen LogP contribution in [0.5, 0.6) is 0 Å². The predicted octanol–water partition coefficient (Wildman–Crippen LogP) is 2.88. The minimum atomic E-state index is -0.123. The van der Waals surface area contributed by atoms with Crippen molar-refractivity contribution in [3.8, 4) is 0 Å². The average Bonchev–Trinajstić information content (AvgIpc) is 2.50. The first-order valence-electron chi connectivity index (χ1n) is 5.23. The van der Waals surface area contributed by atoms with Gasteiger partial charge in [0.25, 0.3) is 0 Å². The van der Waals surface area contributed by atoms with E-state index < -0.39 is 0 Å². The van der Waals surface area contributed by atoms with E-state index in [0.29, 0.717) is 0 Å². The fourth-order valence-electron chi connectivity index (χ4n) is 2.69. The summed E-state index contributed by atoms with van der Waals surface area (Å²) < 4.78 is 0. The molecule has 2 aliphatic rings. The van der Waals surface area contributed by atoms with Gasteiger partial charge in [0, 0.05) is 11.0 Å². The number of rotatable bonds is 0. The zero-order valence-electron chi connectivity index (χ0n) is 8.60. The van der Waals surface area contributed by atoms with Gasteiger partial charge in [0.15, 0.2) is 5.78 Å². The summed E-state index contributed by atoms with van der Waals surface area (Å²) in [6, 6.07) is 7.94. The molecule has 15 heavy (non-hydrogen) atoms. The largest absolute Gasteiger partial charge is 0.293 e. The number of hydrogen-bond acceptors (Lipinski definition) is 1. The van der Waals surface area contributed by atoms with Crippen LogP contribution in [-0.2, 0) is 5.41 Å². The first-order valence-corrected chi connectivity index (χ1v) is 5.23. The number of benzene rings is 1. The Morgan fingerprint density at radius 1 is 1.20 bits per heavy atom. The SMILES string of the molecule is CC12C=CC=CC1C(=O)c1ccccc12. The van der Waals surface area contributed by atoms with Crippen molar-refractivity contribution in [3.63, 3.8) is 0 Å². The van der Waals surface area contributed by atoms with Gasteiger partial charge in [-0.25, -0.2) is 0 Å². The number of ketones is 1. The van der Waals surface area contributed by atoms with Crippen LogP contribution in [0.2, 0.25) is 0 Å². The molecular formula is C14H12O. The van der Waals surface area contributed by atoms with Gasteiger partial charge < -0.3 is 0 Å². The number of hydrogen-bond donors (Lipinski definition) is 0. The van der Waals surface area contributed by atoms with E-state index in [1.165, 1.54) is 5.56 Å². The Morgan fingerprint density at radius 3 is 2.87 bits per heavy atom. The van der Waals surface area contributed by atoms with E-state index in [-0.39, 0.29) is 17.1 Å². The Morgan fingerprint density at radius 2 is 2.00 bits per heavy atom. The summed E-state index contributed by atoms with van der Waals surface area (Å²) in [5.74, 6) is 0.258. The first-order chi connectivity index (χ1) is 7.23. The number of carbonyl (C=O) groups is 1. The highest BCUT2D eigenvalue weighted by Gasteiger charge is 2.46. The van der Waals surface area contributed by atoms with Crippen LogP contribution in [0.1, 0.15) is 22.8 Å². The Kier molecular flexibility index (Phi) is 1.55. The molecule has 1 heteroatoms. The highest BCUT2D eigenvalue weighted by atomic mass is 16.1. The molecule has 0 fully saturated rings. The quantitative estimate of drug-likeness (QED) is 0.623. The predicted molar refractivity (Wildman–Crippen MR) is 59.9 cm³/mol. The molecule has 74 valence electrons. The van der Waals surface area contributed by atoms with Gasteiger partial charge in [-0.15, -0.1) is 0 Å². The normalized spacial score (nSPS) is 31.5. The molecular weight excluding hydrogens is 184 g/mol. The van der Waals surface area contributed by atoms with Gasteiger partial charge in [0.2, 0.25) is 0 Å². The second kappa shape index (κ2) is 2.69. The lowest BCUT2D eigenvalue weighted by atomic mass is 9.74. The van der Waals surface area contributed by atoms with Crippen LogP contribution < -0.4 is 0 Å². The number of fused-ring (bicyclic) bond motifs is 3. The zero-order chi connectivity index (χ0) is 10.5. The minimum Gasteiger partial charge on any atom is -0.293 e. The van der Waals surface area contributed by atoms with Crippen molar-refractivity contribution in [1.82, 2.24) is 0 Å². The molecule has 0 amide bonds. The van der Waals surface area contributed by atoms with Crippen molar-refractivity contribution < 1.29 is 4.79 Å². The zero-order valence-corrected chi connectivity index (χ0v) is 8.60. The third-order valence-corrected chi connectivity index (χ3v) is 3.56.